The molecule has 0 aromatic heterocycles. The lowest BCUT2D eigenvalue weighted by Crippen LogP contribution is -2.35. The maximum absolute atomic E-state index is 14.1. The number of rotatable bonds is 3. The minimum absolute atomic E-state index is 0.127. The molecule has 1 atom stereocenters. The minimum Gasteiger partial charge on any atom is -0.329 e. The zero-order valence-corrected chi connectivity index (χ0v) is 13.1. The van der Waals surface area contributed by atoms with Crippen LogP contribution in [0.25, 0.3) is 0 Å². The predicted octanol–water partition coefficient (Wildman–Crippen LogP) is 3.99. The van der Waals surface area contributed by atoms with Gasteiger partial charge in [0.1, 0.15) is 5.82 Å². The summed E-state index contributed by atoms with van der Waals surface area (Å²) in [6.45, 7) is 6.88. The molecule has 2 rings (SSSR count). The summed E-state index contributed by atoms with van der Waals surface area (Å²) in [4.78, 5) is 2.29. The molecule has 20 heavy (non-hydrogen) atoms. The van der Waals surface area contributed by atoms with Gasteiger partial charge in [-0.15, -0.1) is 0 Å². The molecule has 2 N–H and O–H groups in total. The Balaban J connectivity index is 2.24. The Morgan fingerprint density at radius 2 is 2.10 bits per heavy atom. The van der Waals surface area contributed by atoms with Crippen molar-refractivity contribution in [1.29, 1.82) is 0 Å². The lowest BCUT2D eigenvalue weighted by Gasteiger charge is -2.31. The Hall–Kier alpha value is -0.640. The average Bonchev–Trinajstić information content (AvgIpc) is 2.55. The number of benzene rings is 1. The quantitative estimate of drug-likeness (QED) is 0.914. The Kier molecular flexibility index (Phi) is 5.05. The van der Waals surface area contributed by atoms with Gasteiger partial charge in [0, 0.05) is 17.1 Å². The van der Waals surface area contributed by atoms with Gasteiger partial charge in [0.05, 0.1) is 6.04 Å². The van der Waals surface area contributed by atoms with E-state index in [-0.39, 0.29) is 11.9 Å². The largest absolute Gasteiger partial charge is 0.329 e. The van der Waals surface area contributed by atoms with Crippen molar-refractivity contribution >= 4 is 11.6 Å². The molecule has 112 valence electrons. The van der Waals surface area contributed by atoms with E-state index in [0.717, 1.165) is 25.9 Å². The zero-order chi connectivity index (χ0) is 14.8. The van der Waals surface area contributed by atoms with Gasteiger partial charge in [0.2, 0.25) is 0 Å². The van der Waals surface area contributed by atoms with Crippen LogP contribution in [0.2, 0.25) is 5.02 Å². The second kappa shape index (κ2) is 6.42. The van der Waals surface area contributed by atoms with E-state index in [1.807, 2.05) is 0 Å². The molecule has 1 aromatic carbocycles. The van der Waals surface area contributed by atoms with E-state index in [1.165, 1.54) is 12.5 Å². The Morgan fingerprint density at radius 1 is 1.35 bits per heavy atom. The van der Waals surface area contributed by atoms with Gasteiger partial charge in [-0.1, -0.05) is 31.5 Å². The molecule has 1 aliphatic rings. The summed E-state index contributed by atoms with van der Waals surface area (Å²) in [6.07, 6.45) is 3.43. The van der Waals surface area contributed by atoms with Crippen molar-refractivity contribution in [2.45, 2.75) is 39.2 Å². The summed E-state index contributed by atoms with van der Waals surface area (Å²) in [6, 6.07) is 4.72. The fourth-order valence-electron chi connectivity index (χ4n) is 3.03. The number of hydrogen-bond donors (Lipinski definition) is 1. The highest BCUT2D eigenvalue weighted by Gasteiger charge is 2.29. The van der Waals surface area contributed by atoms with E-state index in [1.54, 1.807) is 12.1 Å². The molecule has 1 aromatic rings. The molecule has 0 saturated carbocycles. The van der Waals surface area contributed by atoms with Crippen molar-refractivity contribution in [3.63, 3.8) is 0 Å². The third-order valence-corrected chi connectivity index (χ3v) is 4.70. The topological polar surface area (TPSA) is 29.3 Å². The normalized spacial score (nSPS) is 21.4. The van der Waals surface area contributed by atoms with E-state index >= 15 is 0 Å². The fraction of sp³-hybridized carbons (Fsp3) is 0.625. The highest BCUT2D eigenvalue weighted by Crippen LogP contribution is 2.35. The van der Waals surface area contributed by atoms with Gasteiger partial charge in [-0.25, -0.2) is 4.39 Å². The summed E-state index contributed by atoms with van der Waals surface area (Å²) in [5.41, 5.74) is 6.83. The highest BCUT2D eigenvalue weighted by molar-refractivity contribution is 6.31. The summed E-state index contributed by atoms with van der Waals surface area (Å²) in [5, 5.41) is 0.476. The lowest BCUT2D eigenvalue weighted by molar-refractivity contribution is 0.196. The van der Waals surface area contributed by atoms with Crippen LogP contribution in [0.5, 0.6) is 0 Å². The minimum atomic E-state index is -0.253. The summed E-state index contributed by atoms with van der Waals surface area (Å²) >= 11 is 6.20. The van der Waals surface area contributed by atoms with Crippen LogP contribution in [-0.2, 0) is 0 Å². The van der Waals surface area contributed by atoms with Gasteiger partial charge in [-0.05, 0) is 49.9 Å². The van der Waals surface area contributed by atoms with Crippen LogP contribution in [0.4, 0.5) is 4.39 Å². The maximum atomic E-state index is 14.1. The van der Waals surface area contributed by atoms with E-state index in [4.69, 9.17) is 17.3 Å². The van der Waals surface area contributed by atoms with Gasteiger partial charge in [0.25, 0.3) is 0 Å². The molecule has 0 bridgehead atoms. The first kappa shape index (κ1) is 15.7. The van der Waals surface area contributed by atoms with Crippen molar-refractivity contribution in [1.82, 2.24) is 4.90 Å². The van der Waals surface area contributed by atoms with Crippen LogP contribution in [0, 0.1) is 11.2 Å². The SMILES string of the molecule is CC1(C)CCCN(C(CN)c2c(F)cccc2Cl)CC1. The molecule has 1 fully saturated rings. The van der Waals surface area contributed by atoms with Crippen molar-refractivity contribution in [3.8, 4) is 0 Å². The van der Waals surface area contributed by atoms with E-state index < -0.39 is 0 Å². The molecule has 1 saturated heterocycles. The fourth-order valence-corrected chi connectivity index (χ4v) is 3.32. The second-order valence-electron chi connectivity index (χ2n) is 6.44. The molecule has 1 aliphatic heterocycles. The summed E-state index contributed by atoms with van der Waals surface area (Å²) in [5.74, 6) is -0.253. The van der Waals surface area contributed by atoms with E-state index in [0.29, 0.717) is 22.5 Å². The van der Waals surface area contributed by atoms with Crippen LogP contribution in [-0.4, -0.2) is 24.5 Å². The van der Waals surface area contributed by atoms with Gasteiger partial charge in [-0.2, -0.15) is 0 Å². The number of likely N-dealkylation sites (tertiary alicyclic amines) is 1. The molecule has 0 amide bonds. The first-order chi connectivity index (χ1) is 9.44. The van der Waals surface area contributed by atoms with Crippen molar-refractivity contribution < 1.29 is 4.39 Å². The van der Waals surface area contributed by atoms with Crippen LogP contribution in [0.1, 0.15) is 44.7 Å². The number of hydrogen-bond acceptors (Lipinski definition) is 2. The molecule has 2 nitrogen and oxygen atoms in total. The molecule has 1 unspecified atom stereocenters. The predicted molar refractivity (Wildman–Crippen MR) is 82.4 cm³/mol. The number of nitrogens with two attached hydrogens (primary N) is 1. The van der Waals surface area contributed by atoms with Crippen LogP contribution in [0.15, 0.2) is 18.2 Å². The van der Waals surface area contributed by atoms with Crippen molar-refractivity contribution in [2.24, 2.45) is 11.1 Å². The average molecular weight is 299 g/mol. The number of halogens is 2. The zero-order valence-electron chi connectivity index (χ0n) is 12.3. The third kappa shape index (κ3) is 3.51. The highest BCUT2D eigenvalue weighted by atomic mass is 35.5. The Morgan fingerprint density at radius 3 is 2.75 bits per heavy atom. The summed E-state index contributed by atoms with van der Waals surface area (Å²) in [7, 11) is 0. The van der Waals surface area contributed by atoms with Gasteiger partial charge in [0.15, 0.2) is 0 Å². The van der Waals surface area contributed by atoms with Crippen molar-refractivity contribution in [3.05, 3.63) is 34.6 Å². The first-order valence-corrected chi connectivity index (χ1v) is 7.70. The maximum Gasteiger partial charge on any atom is 0.129 e. The molecule has 4 heteroatoms. The van der Waals surface area contributed by atoms with E-state index in [2.05, 4.69) is 18.7 Å². The van der Waals surface area contributed by atoms with Crippen LogP contribution < -0.4 is 5.73 Å². The number of nitrogens with zero attached hydrogens (tertiary/aromatic N) is 1. The molecule has 0 radical (unpaired) electrons. The molecular weight excluding hydrogens is 275 g/mol. The standard InChI is InChI=1S/C16H24ClFN2/c1-16(2)7-4-9-20(10-8-16)14(11-19)15-12(17)5-3-6-13(15)18/h3,5-6,14H,4,7-11,19H2,1-2H3. The van der Waals surface area contributed by atoms with Crippen LogP contribution >= 0.6 is 11.6 Å². The summed E-state index contributed by atoms with van der Waals surface area (Å²) < 4.78 is 14.1. The van der Waals surface area contributed by atoms with Crippen molar-refractivity contribution in [2.75, 3.05) is 19.6 Å². The van der Waals surface area contributed by atoms with Gasteiger partial charge >= 0.3 is 0 Å². The van der Waals surface area contributed by atoms with Gasteiger partial charge in [-0.3, -0.25) is 4.90 Å². The lowest BCUT2D eigenvalue weighted by atomic mass is 9.85. The van der Waals surface area contributed by atoms with E-state index in [9.17, 15) is 4.39 Å². The van der Waals surface area contributed by atoms with Crippen LogP contribution in [0.3, 0.4) is 0 Å². The molecule has 0 aliphatic carbocycles. The Bertz CT molecular complexity index is 442. The molecule has 0 spiro atoms. The Labute approximate surface area is 126 Å². The second-order valence-corrected chi connectivity index (χ2v) is 6.85. The third-order valence-electron chi connectivity index (χ3n) is 4.37. The monoisotopic (exact) mass is 298 g/mol. The molecule has 1 heterocycles. The van der Waals surface area contributed by atoms with Gasteiger partial charge < -0.3 is 5.73 Å². The smallest absolute Gasteiger partial charge is 0.129 e. The molecular formula is C16H24ClFN2. The first-order valence-electron chi connectivity index (χ1n) is 7.32.